The smallest absolute Gasteiger partial charge is 0.0706 e. The molecule has 9 heavy (non-hydrogen) atoms. The van der Waals surface area contributed by atoms with Crippen molar-refractivity contribution >= 4 is 0 Å². The standard InChI is InChI=1S/C7H11NO/c9-8-6-7-4-2-1-3-5-7/h6H,1-5H2. The van der Waals surface area contributed by atoms with Gasteiger partial charge in [0, 0.05) is 0 Å². The zero-order valence-electron chi connectivity index (χ0n) is 5.47. The largest absolute Gasteiger partial charge is 0.145 e. The van der Waals surface area contributed by atoms with Gasteiger partial charge >= 0.3 is 0 Å². The SMILES string of the molecule is O=NC=C1CCCCC1. The van der Waals surface area contributed by atoms with Gasteiger partial charge in [0.1, 0.15) is 0 Å². The van der Waals surface area contributed by atoms with Gasteiger partial charge < -0.3 is 0 Å². The van der Waals surface area contributed by atoms with Gasteiger partial charge in [0.25, 0.3) is 0 Å². The zero-order valence-corrected chi connectivity index (χ0v) is 5.47. The van der Waals surface area contributed by atoms with E-state index >= 15 is 0 Å². The Morgan fingerprint density at radius 2 is 1.89 bits per heavy atom. The molecule has 0 aromatic heterocycles. The molecule has 1 rings (SSSR count). The number of rotatable bonds is 1. The van der Waals surface area contributed by atoms with Crippen molar-refractivity contribution in [2.24, 2.45) is 5.18 Å². The van der Waals surface area contributed by atoms with Crippen LogP contribution >= 0.6 is 0 Å². The highest BCUT2D eigenvalue weighted by molar-refractivity contribution is 5.02. The predicted octanol–water partition coefficient (Wildman–Crippen LogP) is 2.60. The van der Waals surface area contributed by atoms with Crippen LogP contribution in [0, 0.1) is 4.91 Å². The molecule has 1 aliphatic rings. The van der Waals surface area contributed by atoms with Crippen LogP contribution in [0.3, 0.4) is 0 Å². The monoisotopic (exact) mass is 125 g/mol. The lowest BCUT2D eigenvalue weighted by atomic mass is 9.96. The maximum Gasteiger partial charge on any atom is 0.0706 e. The van der Waals surface area contributed by atoms with Gasteiger partial charge in [-0.1, -0.05) is 6.42 Å². The first kappa shape index (κ1) is 6.46. The van der Waals surface area contributed by atoms with Gasteiger partial charge in [0.15, 0.2) is 0 Å². The van der Waals surface area contributed by atoms with Crippen LogP contribution in [-0.2, 0) is 0 Å². The second-order valence-electron chi connectivity index (χ2n) is 2.45. The fraction of sp³-hybridized carbons (Fsp3) is 0.714. The Balaban J connectivity index is 2.39. The highest BCUT2D eigenvalue weighted by Crippen LogP contribution is 2.22. The minimum Gasteiger partial charge on any atom is -0.145 e. The predicted molar refractivity (Wildman–Crippen MR) is 37.0 cm³/mol. The van der Waals surface area contributed by atoms with Crippen LogP contribution in [0.15, 0.2) is 16.9 Å². The summed E-state index contributed by atoms with van der Waals surface area (Å²) in [6.45, 7) is 0. The Kier molecular flexibility index (Phi) is 2.43. The van der Waals surface area contributed by atoms with Gasteiger partial charge in [-0.25, -0.2) is 0 Å². The molecular formula is C7H11NO. The Morgan fingerprint density at radius 3 is 2.44 bits per heavy atom. The van der Waals surface area contributed by atoms with Crippen LogP contribution in [0.4, 0.5) is 0 Å². The molecule has 0 aliphatic heterocycles. The minimum atomic E-state index is 1.09. The number of nitrogens with zero attached hydrogens (tertiary/aromatic N) is 1. The molecule has 2 heteroatoms. The molecule has 0 atom stereocenters. The molecule has 0 heterocycles. The van der Waals surface area contributed by atoms with Crippen LogP contribution < -0.4 is 0 Å². The average molecular weight is 125 g/mol. The molecule has 1 saturated carbocycles. The van der Waals surface area contributed by atoms with E-state index in [-0.39, 0.29) is 0 Å². The summed E-state index contributed by atoms with van der Waals surface area (Å²) in [7, 11) is 0. The summed E-state index contributed by atoms with van der Waals surface area (Å²) < 4.78 is 0. The maximum atomic E-state index is 9.75. The molecule has 0 radical (unpaired) electrons. The van der Waals surface area contributed by atoms with Crippen molar-refractivity contribution < 1.29 is 0 Å². The van der Waals surface area contributed by atoms with E-state index in [1.54, 1.807) is 0 Å². The molecule has 0 unspecified atom stereocenters. The molecule has 0 bridgehead atoms. The highest BCUT2D eigenvalue weighted by Gasteiger charge is 2.03. The number of hydrogen-bond donors (Lipinski definition) is 0. The van der Waals surface area contributed by atoms with E-state index in [9.17, 15) is 4.91 Å². The zero-order chi connectivity index (χ0) is 6.53. The summed E-state index contributed by atoms with van der Waals surface area (Å²) >= 11 is 0. The molecule has 0 spiro atoms. The first-order chi connectivity index (χ1) is 4.43. The van der Waals surface area contributed by atoms with Crippen molar-refractivity contribution in [1.82, 2.24) is 0 Å². The number of allylic oxidation sites excluding steroid dienone is 1. The molecule has 0 aromatic rings. The van der Waals surface area contributed by atoms with Crippen LogP contribution in [-0.4, -0.2) is 0 Å². The topological polar surface area (TPSA) is 29.4 Å². The van der Waals surface area contributed by atoms with E-state index in [0.717, 1.165) is 12.8 Å². The van der Waals surface area contributed by atoms with Crippen molar-refractivity contribution in [2.75, 3.05) is 0 Å². The molecular weight excluding hydrogens is 114 g/mol. The average Bonchev–Trinajstić information content (AvgIpc) is 1.91. The van der Waals surface area contributed by atoms with Crippen molar-refractivity contribution in [3.63, 3.8) is 0 Å². The van der Waals surface area contributed by atoms with E-state index in [1.807, 2.05) is 0 Å². The Bertz CT molecular complexity index is 121. The van der Waals surface area contributed by atoms with E-state index in [1.165, 1.54) is 31.0 Å². The van der Waals surface area contributed by atoms with E-state index in [4.69, 9.17) is 0 Å². The second kappa shape index (κ2) is 3.38. The Hall–Kier alpha value is -0.660. The fourth-order valence-corrected chi connectivity index (χ4v) is 1.21. The molecule has 0 amide bonds. The second-order valence-corrected chi connectivity index (χ2v) is 2.45. The lowest BCUT2D eigenvalue weighted by Crippen LogP contribution is -1.92. The van der Waals surface area contributed by atoms with Crippen molar-refractivity contribution in [2.45, 2.75) is 32.1 Å². The van der Waals surface area contributed by atoms with Crippen molar-refractivity contribution in [3.8, 4) is 0 Å². The van der Waals surface area contributed by atoms with E-state index < -0.39 is 0 Å². The van der Waals surface area contributed by atoms with Crippen molar-refractivity contribution in [1.29, 1.82) is 0 Å². The van der Waals surface area contributed by atoms with E-state index in [2.05, 4.69) is 5.18 Å². The van der Waals surface area contributed by atoms with Gasteiger partial charge in [-0.3, -0.25) is 0 Å². The lowest BCUT2D eigenvalue weighted by molar-refractivity contribution is 0.597. The van der Waals surface area contributed by atoms with Crippen LogP contribution in [0.1, 0.15) is 32.1 Å². The minimum absolute atomic E-state index is 1.09. The summed E-state index contributed by atoms with van der Waals surface area (Å²) in [6.07, 6.45) is 7.44. The molecule has 0 aromatic carbocycles. The van der Waals surface area contributed by atoms with Gasteiger partial charge in [-0.05, 0) is 36.4 Å². The first-order valence-corrected chi connectivity index (χ1v) is 3.44. The molecule has 50 valence electrons. The molecule has 1 aliphatic carbocycles. The summed E-state index contributed by atoms with van der Waals surface area (Å²) in [5.74, 6) is 0. The van der Waals surface area contributed by atoms with Crippen LogP contribution in [0.25, 0.3) is 0 Å². The third-order valence-electron chi connectivity index (χ3n) is 1.73. The summed E-state index contributed by atoms with van der Waals surface area (Å²) in [5, 5.41) is 2.75. The number of nitroso groups, excluding NO2 is 1. The van der Waals surface area contributed by atoms with Gasteiger partial charge in [-0.2, -0.15) is 0 Å². The van der Waals surface area contributed by atoms with E-state index in [0.29, 0.717) is 0 Å². The summed E-state index contributed by atoms with van der Waals surface area (Å²) in [4.78, 5) is 9.75. The van der Waals surface area contributed by atoms with Gasteiger partial charge in [0.05, 0.1) is 6.20 Å². The third-order valence-corrected chi connectivity index (χ3v) is 1.73. The maximum absolute atomic E-state index is 9.75. The summed E-state index contributed by atoms with van der Waals surface area (Å²) in [6, 6.07) is 0. The van der Waals surface area contributed by atoms with Gasteiger partial charge in [-0.15, -0.1) is 4.91 Å². The number of hydrogen-bond acceptors (Lipinski definition) is 2. The lowest BCUT2D eigenvalue weighted by Gasteiger charge is -2.10. The molecule has 0 saturated heterocycles. The van der Waals surface area contributed by atoms with Gasteiger partial charge in [0.2, 0.25) is 0 Å². The fourth-order valence-electron chi connectivity index (χ4n) is 1.21. The summed E-state index contributed by atoms with van der Waals surface area (Å²) in [5.41, 5.74) is 1.23. The Labute approximate surface area is 54.9 Å². The Morgan fingerprint density at radius 1 is 1.22 bits per heavy atom. The van der Waals surface area contributed by atoms with Crippen LogP contribution in [0.5, 0.6) is 0 Å². The quantitative estimate of drug-likeness (QED) is 0.495. The van der Waals surface area contributed by atoms with Crippen LogP contribution in [0.2, 0.25) is 0 Å². The molecule has 2 nitrogen and oxygen atoms in total. The molecule has 1 fully saturated rings. The third kappa shape index (κ3) is 1.96. The normalized spacial score (nSPS) is 19.3. The first-order valence-electron chi connectivity index (χ1n) is 3.44. The van der Waals surface area contributed by atoms with Crippen molar-refractivity contribution in [3.05, 3.63) is 16.7 Å². The highest BCUT2D eigenvalue weighted by atomic mass is 16.2. The molecule has 0 N–H and O–H groups in total.